The monoisotopic (exact) mass is 537 g/mol. The van der Waals surface area contributed by atoms with Crippen LogP contribution in [0.15, 0.2) is 42.5 Å². The van der Waals surface area contributed by atoms with Gasteiger partial charge in [0, 0.05) is 48.8 Å². The summed E-state index contributed by atoms with van der Waals surface area (Å²) in [4.78, 5) is 29.5. The number of esters is 1. The van der Waals surface area contributed by atoms with E-state index in [2.05, 4.69) is 0 Å². The van der Waals surface area contributed by atoms with Crippen molar-refractivity contribution < 1.29 is 27.5 Å². The quantitative estimate of drug-likeness (QED) is 0.414. The van der Waals surface area contributed by atoms with Crippen LogP contribution in [-0.4, -0.2) is 49.6 Å². The first-order valence-corrected chi connectivity index (χ1v) is 12.8. The van der Waals surface area contributed by atoms with Gasteiger partial charge < -0.3 is 20.3 Å². The number of anilines is 1. The van der Waals surface area contributed by atoms with Crippen molar-refractivity contribution in [1.29, 1.82) is 0 Å². The van der Waals surface area contributed by atoms with Gasteiger partial charge in [0.15, 0.2) is 0 Å². The first kappa shape index (κ1) is 27.3. The number of halogens is 4. The molecule has 0 aliphatic carbocycles. The van der Waals surface area contributed by atoms with E-state index < -0.39 is 35.6 Å². The van der Waals surface area contributed by atoms with Gasteiger partial charge in [0.05, 0.1) is 12.2 Å². The Bertz CT molecular complexity index is 1130. The minimum atomic E-state index is -4.47. The van der Waals surface area contributed by atoms with Crippen LogP contribution < -0.4 is 10.6 Å². The molecule has 0 spiro atoms. The number of hydrogen-bond acceptors (Lipinski definition) is 5. The van der Waals surface area contributed by atoms with Crippen LogP contribution in [-0.2, 0) is 20.5 Å². The molecule has 37 heavy (non-hydrogen) atoms. The van der Waals surface area contributed by atoms with Crippen molar-refractivity contribution in [2.45, 2.75) is 38.4 Å². The average molecular weight is 538 g/mol. The van der Waals surface area contributed by atoms with Gasteiger partial charge in [-0.1, -0.05) is 37.6 Å². The van der Waals surface area contributed by atoms with Crippen LogP contribution in [0.25, 0.3) is 0 Å². The number of carbonyl (C=O) groups excluding carboxylic acids is 2. The predicted molar refractivity (Wildman–Crippen MR) is 135 cm³/mol. The Hall–Kier alpha value is -2.78. The lowest BCUT2D eigenvalue weighted by atomic mass is 9.87. The van der Waals surface area contributed by atoms with Crippen molar-refractivity contribution in [2.75, 3.05) is 37.7 Å². The third-order valence-corrected chi connectivity index (χ3v) is 7.29. The Morgan fingerprint density at radius 1 is 1.11 bits per heavy atom. The standard InChI is InChI=1S/C27H31ClF3N3O3/c1-16(2)13-22(32)20-14-18(27(29,30)31)5-8-23(20)33-9-11-34(12-10-33)25(35)24-21(15-37-26(24)36)17-3-6-19(28)7-4-17/h3-8,14,16,21-22,24H,9-13,15,32H2,1-2H3/t21?,22-,24?/m0/s1. The minimum Gasteiger partial charge on any atom is -0.464 e. The van der Waals surface area contributed by atoms with Gasteiger partial charge in [-0.15, -0.1) is 0 Å². The van der Waals surface area contributed by atoms with Gasteiger partial charge in [0.2, 0.25) is 5.91 Å². The Morgan fingerprint density at radius 3 is 2.35 bits per heavy atom. The second kappa shape index (κ2) is 10.9. The smallest absolute Gasteiger partial charge is 0.416 e. The Balaban J connectivity index is 1.50. The van der Waals surface area contributed by atoms with E-state index in [1.54, 1.807) is 29.2 Å². The lowest BCUT2D eigenvalue weighted by molar-refractivity contribution is -0.149. The summed E-state index contributed by atoms with van der Waals surface area (Å²) in [5.41, 5.74) is 7.52. The molecule has 2 aromatic carbocycles. The number of nitrogens with two attached hydrogens (primary N) is 1. The zero-order valence-electron chi connectivity index (χ0n) is 20.8. The molecule has 2 fully saturated rings. The Morgan fingerprint density at radius 2 is 1.76 bits per heavy atom. The molecular weight excluding hydrogens is 507 g/mol. The Kier molecular flexibility index (Phi) is 8.04. The van der Waals surface area contributed by atoms with Crippen molar-refractivity contribution in [1.82, 2.24) is 4.90 Å². The first-order chi connectivity index (χ1) is 17.5. The highest BCUT2D eigenvalue weighted by Gasteiger charge is 2.45. The van der Waals surface area contributed by atoms with Gasteiger partial charge >= 0.3 is 12.1 Å². The molecule has 2 saturated heterocycles. The molecule has 0 radical (unpaired) electrons. The minimum absolute atomic E-state index is 0.124. The number of rotatable bonds is 6. The summed E-state index contributed by atoms with van der Waals surface area (Å²) in [7, 11) is 0. The fourth-order valence-electron chi connectivity index (χ4n) is 5.11. The topological polar surface area (TPSA) is 75.9 Å². The third kappa shape index (κ3) is 6.04. The molecule has 2 aromatic rings. The van der Waals surface area contributed by atoms with Crippen LogP contribution in [0.5, 0.6) is 0 Å². The molecule has 10 heteroatoms. The number of hydrogen-bond donors (Lipinski definition) is 1. The van der Waals surface area contributed by atoms with Crippen LogP contribution in [0.3, 0.4) is 0 Å². The molecule has 200 valence electrons. The number of piperazine rings is 1. The normalized spacial score (nSPS) is 21.4. The van der Waals surface area contributed by atoms with Crippen molar-refractivity contribution in [3.05, 3.63) is 64.2 Å². The number of nitrogens with zero attached hydrogens (tertiary/aromatic N) is 2. The zero-order valence-corrected chi connectivity index (χ0v) is 21.6. The van der Waals surface area contributed by atoms with E-state index in [0.717, 1.165) is 17.7 Å². The molecule has 0 bridgehead atoms. The molecule has 2 aliphatic heterocycles. The number of alkyl halides is 3. The lowest BCUT2D eigenvalue weighted by Crippen LogP contribution is -2.51. The van der Waals surface area contributed by atoms with Crippen LogP contribution in [0.1, 0.15) is 48.9 Å². The second-order valence-corrected chi connectivity index (χ2v) is 10.5. The zero-order chi connectivity index (χ0) is 26.9. The highest BCUT2D eigenvalue weighted by molar-refractivity contribution is 6.30. The molecule has 2 heterocycles. The number of benzene rings is 2. The van der Waals surface area contributed by atoms with Crippen molar-refractivity contribution >= 4 is 29.2 Å². The van der Waals surface area contributed by atoms with E-state index in [1.165, 1.54) is 6.07 Å². The van der Waals surface area contributed by atoms with Crippen molar-refractivity contribution in [2.24, 2.45) is 17.6 Å². The summed E-state index contributed by atoms with van der Waals surface area (Å²) in [6, 6.07) is 10.2. The van der Waals surface area contributed by atoms with Crippen molar-refractivity contribution in [3.63, 3.8) is 0 Å². The van der Waals surface area contributed by atoms with Gasteiger partial charge in [-0.25, -0.2) is 0 Å². The average Bonchev–Trinajstić information content (AvgIpc) is 3.24. The molecule has 0 saturated carbocycles. The summed E-state index contributed by atoms with van der Waals surface area (Å²) in [5.74, 6) is -1.96. The van der Waals surface area contributed by atoms with E-state index in [4.69, 9.17) is 22.1 Å². The summed E-state index contributed by atoms with van der Waals surface area (Å²) < 4.78 is 45.5. The van der Waals surface area contributed by atoms with E-state index in [1.807, 2.05) is 18.7 Å². The van der Waals surface area contributed by atoms with Crippen molar-refractivity contribution in [3.8, 4) is 0 Å². The summed E-state index contributed by atoms with van der Waals surface area (Å²) in [6.45, 7) is 5.55. The van der Waals surface area contributed by atoms with E-state index in [9.17, 15) is 22.8 Å². The van der Waals surface area contributed by atoms with Gasteiger partial charge in [0.25, 0.3) is 0 Å². The predicted octanol–water partition coefficient (Wildman–Crippen LogP) is 5.01. The first-order valence-electron chi connectivity index (χ1n) is 12.4. The lowest BCUT2D eigenvalue weighted by Gasteiger charge is -2.38. The molecule has 4 rings (SSSR count). The third-order valence-electron chi connectivity index (χ3n) is 7.04. The maximum absolute atomic E-state index is 13.4. The Labute approximate surface area is 219 Å². The van der Waals surface area contributed by atoms with Crippen LogP contribution in [0, 0.1) is 11.8 Å². The summed E-state index contributed by atoms with van der Waals surface area (Å²) >= 11 is 5.98. The molecule has 0 aromatic heterocycles. The number of ether oxygens (including phenoxy) is 1. The molecule has 2 unspecified atom stereocenters. The fraction of sp³-hybridized carbons (Fsp3) is 0.481. The fourth-order valence-corrected chi connectivity index (χ4v) is 5.23. The highest BCUT2D eigenvalue weighted by Crippen LogP contribution is 2.37. The maximum atomic E-state index is 13.4. The molecular formula is C27H31ClF3N3O3. The van der Waals surface area contributed by atoms with E-state index in [-0.39, 0.29) is 18.4 Å². The van der Waals surface area contributed by atoms with Crippen LogP contribution >= 0.6 is 11.6 Å². The largest absolute Gasteiger partial charge is 0.464 e. The number of cyclic esters (lactones) is 1. The number of amides is 1. The summed E-state index contributed by atoms with van der Waals surface area (Å²) in [5, 5.41) is 0.559. The highest BCUT2D eigenvalue weighted by atomic mass is 35.5. The second-order valence-electron chi connectivity index (χ2n) is 10.1. The molecule has 6 nitrogen and oxygen atoms in total. The molecule has 1 amide bonds. The summed E-state index contributed by atoms with van der Waals surface area (Å²) in [6.07, 6.45) is -3.92. The van der Waals surface area contributed by atoms with E-state index in [0.29, 0.717) is 48.9 Å². The molecule has 2 aliphatic rings. The molecule has 2 N–H and O–H groups in total. The van der Waals surface area contributed by atoms with Crippen LogP contribution in [0.4, 0.5) is 18.9 Å². The van der Waals surface area contributed by atoms with E-state index >= 15 is 0 Å². The SMILES string of the molecule is CC(C)C[C@H](N)c1cc(C(F)(F)F)ccc1N1CCN(C(=O)C2C(=O)OCC2c2ccc(Cl)cc2)CC1. The maximum Gasteiger partial charge on any atom is 0.416 e. The number of carbonyl (C=O) groups is 2. The van der Waals surface area contributed by atoms with Gasteiger partial charge in [-0.05, 0) is 53.8 Å². The van der Waals surface area contributed by atoms with Gasteiger partial charge in [0.1, 0.15) is 5.92 Å². The van der Waals surface area contributed by atoms with Gasteiger partial charge in [-0.2, -0.15) is 13.2 Å². The van der Waals surface area contributed by atoms with Crippen LogP contribution in [0.2, 0.25) is 5.02 Å². The molecule has 3 atom stereocenters. The van der Waals surface area contributed by atoms with Gasteiger partial charge in [-0.3, -0.25) is 9.59 Å².